The van der Waals surface area contributed by atoms with E-state index in [0.29, 0.717) is 17.1 Å². The Balaban J connectivity index is 1.67. The number of halogens is 1. The van der Waals surface area contributed by atoms with Gasteiger partial charge < -0.3 is 4.42 Å². The molecule has 0 bridgehead atoms. The van der Waals surface area contributed by atoms with Crippen molar-refractivity contribution in [3.63, 3.8) is 0 Å². The first kappa shape index (κ1) is 20.3. The Morgan fingerprint density at radius 2 is 2.00 bits per heavy atom. The van der Waals surface area contributed by atoms with E-state index in [9.17, 15) is 14.9 Å². The van der Waals surface area contributed by atoms with E-state index in [1.165, 1.54) is 18.3 Å². The fraction of sp³-hybridized carbons (Fsp3) is 0.143. The van der Waals surface area contributed by atoms with Gasteiger partial charge in [-0.25, -0.2) is 5.43 Å². The highest BCUT2D eigenvalue weighted by molar-refractivity contribution is 6.30. The molecule has 3 aromatic rings. The lowest BCUT2D eigenvalue weighted by molar-refractivity contribution is -0.384. The Hall–Kier alpha value is -3.45. The number of nitrogens with one attached hydrogen (secondary N) is 1. The Morgan fingerprint density at radius 3 is 2.72 bits per heavy atom. The van der Waals surface area contributed by atoms with Crippen LogP contribution in [-0.4, -0.2) is 17.0 Å². The largest absolute Gasteiger partial charge is 0.455 e. The molecule has 0 saturated heterocycles. The smallest absolute Gasteiger partial charge is 0.281 e. The molecule has 2 aromatic carbocycles. The lowest BCUT2D eigenvalue weighted by Gasteiger charge is -2.05. The van der Waals surface area contributed by atoms with Crippen LogP contribution >= 0.6 is 11.6 Å². The lowest BCUT2D eigenvalue weighted by Crippen LogP contribution is -2.20. The summed E-state index contributed by atoms with van der Waals surface area (Å²) in [7, 11) is 0. The predicted octanol–water partition coefficient (Wildman–Crippen LogP) is 4.82. The molecule has 0 unspecified atom stereocenters. The molecule has 1 amide bonds. The highest BCUT2D eigenvalue weighted by Crippen LogP contribution is 2.33. The zero-order valence-electron chi connectivity index (χ0n) is 15.8. The number of hydrazone groups is 1. The maximum atomic E-state index is 12.1. The van der Waals surface area contributed by atoms with Crippen LogP contribution in [0.2, 0.25) is 5.02 Å². The summed E-state index contributed by atoms with van der Waals surface area (Å²) in [5.74, 6) is 0.390. The third-order valence-corrected chi connectivity index (χ3v) is 4.51. The van der Waals surface area contributed by atoms with Gasteiger partial charge in [-0.15, -0.1) is 0 Å². The van der Waals surface area contributed by atoms with Crippen LogP contribution in [-0.2, 0) is 11.2 Å². The standard InChI is InChI=1S/C21H18ClN3O4/c1-13-3-4-15(14(2)9-13)10-21(26)24-23-12-17-6-8-20(29-17)18-7-5-16(22)11-19(18)25(27)28/h3-9,11-12H,10H2,1-2H3,(H,24,26)/b23-12-. The normalized spacial score (nSPS) is 11.0. The minimum Gasteiger partial charge on any atom is -0.455 e. The summed E-state index contributed by atoms with van der Waals surface area (Å²) in [4.78, 5) is 22.8. The molecule has 0 fully saturated rings. The van der Waals surface area contributed by atoms with Crippen molar-refractivity contribution < 1.29 is 14.1 Å². The number of amides is 1. The third kappa shape index (κ3) is 5.08. The molecule has 0 aliphatic rings. The van der Waals surface area contributed by atoms with Gasteiger partial charge in [0.1, 0.15) is 11.5 Å². The molecule has 29 heavy (non-hydrogen) atoms. The van der Waals surface area contributed by atoms with E-state index in [4.69, 9.17) is 16.0 Å². The summed E-state index contributed by atoms with van der Waals surface area (Å²) in [6.45, 7) is 3.95. The maximum Gasteiger partial charge on any atom is 0.281 e. The van der Waals surface area contributed by atoms with Gasteiger partial charge in [-0.05, 0) is 49.2 Å². The van der Waals surface area contributed by atoms with Crippen molar-refractivity contribution in [2.45, 2.75) is 20.3 Å². The van der Waals surface area contributed by atoms with E-state index < -0.39 is 4.92 Å². The van der Waals surface area contributed by atoms with Crippen molar-refractivity contribution in [2.75, 3.05) is 0 Å². The zero-order chi connectivity index (χ0) is 21.0. The molecule has 8 heteroatoms. The SMILES string of the molecule is Cc1ccc(CC(=O)N/N=C\c2ccc(-c3ccc(Cl)cc3[N+](=O)[O-])o2)c(C)c1. The summed E-state index contributed by atoms with van der Waals surface area (Å²) >= 11 is 5.83. The minimum atomic E-state index is -0.523. The molecule has 3 rings (SSSR count). The summed E-state index contributed by atoms with van der Waals surface area (Å²) in [6, 6.07) is 13.4. The van der Waals surface area contributed by atoms with Gasteiger partial charge in [-0.1, -0.05) is 35.4 Å². The number of benzene rings is 2. The van der Waals surface area contributed by atoms with Crippen LogP contribution in [0.25, 0.3) is 11.3 Å². The van der Waals surface area contributed by atoms with Crippen LogP contribution < -0.4 is 5.43 Å². The van der Waals surface area contributed by atoms with Crippen LogP contribution in [0.1, 0.15) is 22.5 Å². The average molecular weight is 412 g/mol. The van der Waals surface area contributed by atoms with Crippen molar-refractivity contribution in [1.82, 2.24) is 5.43 Å². The van der Waals surface area contributed by atoms with Crippen molar-refractivity contribution in [2.24, 2.45) is 5.10 Å². The first-order valence-corrected chi connectivity index (χ1v) is 9.13. The van der Waals surface area contributed by atoms with Gasteiger partial charge in [0.15, 0.2) is 0 Å². The van der Waals surface area contributed by atoms with E-state index in [1.807, 2.05) is 32.0 Å². The Kier molecular flexibility index (Phi) is 6.09. The van der Waals surface area contributed by atoms with Crippen LogP contribution in [0, 0.1) is 24.0 Å². The average Bonchev–Trinajstić information content (AvgIpc) is 3.12. The van der Waals surface area contributed by atoms with Crippen molar-refractivity contribution in [3.05, 3.63) is 86.1 Å². The summed E-state index contributed by atoms with van der Waals surface area (Å²) in [5.41, 5.74) is 5.71. The lowest BCUT2D eigenvalue weighted by atomic mass is 10.0. The van der Waals surface area contributed by atoms with E-state index in [1.54, 1.807) is 18.2 Å². The number of rotatable bonds is 6. The van der Waals surface area contributed by atoms with Crippen LogP contribution in [0.15, 0.2) is 58.0 Å². The van der Waals surface area contributed by atoms with Gasteiger partial charge in [0, 0.05) is 11.1 Å². The molecule has 0 aliphatic heterocycles. The van der Waals surface area contributed by atoms with Gasteiger partial charge >= 0.3 is 0 Å². The van der Waals surface area contributed by atoms with Gasteiger partial charge in [-0.2, -0.15) is 5.10 Å². The van der Waals surface area contributed by atoms with Crippen molar-refractivity contribution in [3.8, 4) is 11.3 Å². The number of nitro benzene ring substituents is 1. The van der Waals surface area contributed by atoms with Gasteiger partial charge in [-0.3, -0.25) is 14.9 Å². The Labute approximate surface area is 172 Å². The topological polar surface area (TPSA) is 97.7 Å². The minimum absolute atomic E-state index is 0.155. The molecule has 1 aromatic heterocycles. The summed E-state index contributed by atoms with van der Waals surface area (Å²) in [5, 5.41) is 15.4. The van der Waals surface area contributed by atoms with Crippen molar-refractivity contribution >= 4 is 29.4 Å². The molecule has 1 N–H and O–H groups in total. The monoisotopic (exact) mass is 411 g/mol. The number of hydrogen-bond acceptors (Lipinski definition) is 5. The fourth-order valence-electron chi connectivity index (χ4n) is 2.86. The molecular weight excluding hydrogens is 394 g/mol. The number of nitro groups is 1. The molecule has 7 nitrogen and oxygen atoms in total. The summed E-state index contributed by atoms with van der Waals surface area (Å²) < 4.78 is 5.58. The van der Waals surface area contributed by atoms with E-state index in [-0.39, 0.29) is 23.0 Å². The van der Waals surface area contributed by atoms with Crippen molar-refractivity contribution in [1.29, 1.82) is 0 Å². The number of nitrogens with zero attached hydrogens (tertiary/aromatic N) is 2. The highest BCUT2D eigenvalue weighted by atomic mass is 35.5. The maximum absolute atomic E-state index is 12.1. The molecule has 0 atom stereocenters. The Morgan fingerprint density at radius 1 is 1.21 bits per heavy atom. The van der Waals surface area contributed by atoms with Gasteiger partial charge in [0.05, 0.1) is 23.1 Å². The summed E-state index contributed by atoms with van der Waals surface area (Å²) in [6.07, 6.45) is 1.55. The highest BCUT2D eigenvalue weighted by Gasteiger charge is 2.18. The number of carbonyl (C=O) groups is 1. The fourth-order valence-corrected chi connectivity index (χ4v) is 3.02. The predicted molar refractivity (Wildman–Crippen MR) is 111 cm³/mol. The van der Waals surface area contributed by atoms with Gasteiger partial charge in [0.25, 0.3) is 5.69 Å². The van der Waals surface area contributed by atoms with Crippen LogP contribution in [0.3, 0.4) is 0 Å². The van der Waals surface area contributed by atoms with E-state index in [0.717, 1.165) is 16.7 Å². The first-order chi connectivity index (χ1) is 13.8. The number of hydrogen-bond donors (Lipinski definition) is 1. The van der Waals surface area contributed by atoms with E-state index >= 15 is 0 Å². The van der Waals surface area contributed by atoms with Gasteiger partial charge in [0.2, 0.25) is 5.91 Å². The van der Waals surface area contributed by atoms with E-state index in [2.05, 4.69) is 10.5 Å². The molecule has 0 radical (unpaired) electrons. The molecule has 0 spiro atoms. The first-order valence-electron chi connectivity index (χ1n) is 8.75. The number of aryl methyl sites for hydroxylation is 2. The quantitative estimate of drug-likeness (QED) is 0.357. The second-order valence-corrected chi connectivity index (χ2v) is 6.96. The van der Waals surface area contributed by atoms with Crippen LogP contribution in [0.4, 0.5) is 5.69 Å². The third-order valence-electron chi connectivity index (χ3n) is 4.28. The second-order valence-electron chi connectivity index (χ2n) is 6.52. The Bertz CT molecular complexity index is 1110. The molecule has 0 aliphatic carbocycles. The molecule has 1 heterocycles. The number of carbonyl (C=O) groups excluding carboxylic acids is 1. The molecule has 0 saturated carbocycles. The second kappa shape index (κ2) is 8.70. The molecule has 148 valence electrons. The van der Waals surface area contributed by atoms with Crippen LogP contribution in [0.5, 0.6) is 0 Å². The molecular formula is C21H18ClN3O4. The zero-order valence-corrected chi connectivity index (χ0v) is 16.6. The number of furan rings is 1.